The van der Waals surface area contributed by atoms with Crippen LogP contribution in [-0.4, -0.2) is 27.9 Å². The topological polar surface area (TPSA) is 42.7 Å². The Labute approximate surface area is 111 Å². The highest BCUT2D eigenvalue weighted by Gasteiger charge is 2.14. The summed E-state index contributed by atoms with van der Waals surface area (Å²) in [5.41, 5.74) is 1.51. The van der Waals surface area contributed by atoms with Crippen LogP contribution in [0.1, 0.15) is 18.4 Å². The third-order valence-electron chi connectivity index (χ3n) is 3.66. The summed E-state index contributed by atoms with van der Waals surface area (Å²) in [5.74, 6) is 0.426. The Hall–Kier alpha value is -1.75. The molecular weight excluding hydrogens is 243 g/mol. The van der Waals surface area contributed by atoms with Gasteiger partial charge < -0.3 is 5.32 Å². The van der Waals surface area contributed by atoms with E-state index in [1.807, 2.05) is 6.07 Å². The van der Waals surface area contributed by atoms with Crippen LogP contribution in [0.3, 0.4) is 0 Å². The average molecular weight is 260 g/mol. The molecule has 0 spiro atoms. The quantitative estimate of drug-likeness (QED) is 0.917. The predicted molar refractivity (Wildman–Crippen MR) is 70.6 cm³/mol. The van der Waals surface area contributed by atoms with Crippen molar-refractivity contribution in [3.05, 3.63) is 42.2 Å². The lowest BCUT2D eigenvalue weighted by Gasteiger charge is -2.22. The van der Waals surface area contributed by atoms with E-state index in [-0.39, 0.29) is 5.82 Å². The van der Waals surface area contributed by atoms with Crippen molar-refractivity contribution in [1.82, 2.24) is 20.1 Å². The number of hydrogen-bond acceptors (Lipinski definition) is 3. The molecule has 4 nitrogen and oxygen atoms in total. The maximum atomic E-state index is 14.1. The Bertz CT molecular complexity index is 532. The highest BCUT2D eigenvalue weighted by atomic mass is 19.1. The van der Waals surface area contributed by atoms with Crippen molar-refractivity contribution in [1.29, 1.82) is 0 Å². The van der Waals surface area contributed by atoms with Gasteiger partial charge in [0.15, 0.2) is 0 Å². The lowest BCUT2D eigenvalue weighted by molar-refractivity contribution is 0.372. The molecule has 0 unspecified atom stereocenters. The van der Waals surface area contributed by atoms with Gasteiger partial charge in [-0.1, -0.05) is 6.07 Å². The summed E-state index contributed by atoms with van der Waals surface area (Å²) in [7, 11) is 0. The Morgan fingerprint density at radius 2 is 2.16 bits per heavy atom. The number of halogens is 1. The fourth-order valence-corrected chi connectivity index (χ4v) is 2.61. The largest absolute Gasteiger partial charge is 0.317 e. The molecule has 1 saturated heterocycles. The minimum atomic E-state index is -0.239. The number of piperidine rings is 1. The zero-order valence-electron chi connectivity index (χ0n) is 10.7. The molecule has 0 saturated carbocycles. The van der Waals surface area contributed by atoms with Crippen LogP contribution in [0, 0.1) is 11.7 Å². The van der Waals surface area contributed by atoms with Crippen LogP contribution >= 0.6 is 0 Å². The molecule has 2 heterocycles. The second kappa shape index (κ2) is 5.48. The van der Waals surface area contributed by atoms with Gasteiger partial charge in [0.25, 0.3) is 0 Å². The summed E-state index contributed by atoms with van der Waals surface area (Å²) in [6, 6.07) is 5.39. The summed E-state index contributed by atoms with van der Waals surface area (Å²) in [5, 5.41) is 7.30. The van der Waals surface area contributed by atoms with Crippen molar-refractivity contribution >= 4 is 0 Å². The summed E-state index contributed by atoms with van der Waals surface area (Å²) < 4.78 is 15.5. The SMILES string of the molecule is Fc1cc(CC2CCNCC2)ccc1-n1cncn1. The van der Waals surface area contributed by atoms with E-state index >= 15 is 0 Å². The minimum Gasteiger partial charge on any atom is -0.317 e. The Morgan fingerprint density at radius 3 is 2.84 bits per heavy atom. The maximum Gasteiger partial charge on any atom is 0.149 e. The number of benzene rings is 1. The monoisotopic (exact) mass is 260 g/mol. The Morgan fingerprint density at radius 1 is 1.32 bits per heavy atom. The normalized spacial score (nSPS) is 16.7. The first kappa shape index (κ1) is 12.3. The molecule has 0 amide bonds. The van der Waals surface area contributed by atoms with Crippen molar-refractivity contribution in [2.75, 3.05) is 13.1 Å². The number of rotatable bonds is 3. The molecule has 100 valence electrons. The summed E-state index contributed by atoms with van der Waals surface area (Å²) in [4.78, 5) is 3.83. The van der Waals surface area contributed by atoms with Crippen molar-refractivity contribution in [3.63, 3.8) is 0 Å². The number of hydrogen-bond donors (Lipinski definition) is 1. The number of nitrogens with zero attached hydrogens (tertiary/aromatic N) is 3. The van der Waals surface area contributed by atoms with Gasteiger partial charge in [-0.25, -0.2) is 14.1 Å². The van der Waals surface area contributed by atoms with Crippen LogP contribution in [0.5, 0.6) is 0 Å². The van der Waals surface area contributed by atoms with Gasteiger partial charge in [0.1, 0.15) is 24.2 Å². The minimum absolute atomic E-state index is 0.239. The van der Waals surface area contributed by atoms with Crippen LogP contribution in [0.4, 0.5) is 4.39 Å². The van der Waals surface area contributed by atoms with Crippen LogP contribution < -0.4 is 5.32 Å². The standard InChI is InChI=1S/C14H17FN4/c15-13-8-12(7-11-3-5-16-6-4-11)1-2-14(13)19-10-17-9-18-19/h1-2,8-11,16H,3-7H2. The van der Waals surface area contributed by atoms with Crippen LogP contribution in [0.15, 0.2) is 30.9 Å². The molecule has 1 fully saturated rings. The third-order valence-corrected chi connectivity index (χ3v) is 3.66. The average Bonchev–Trinajstić information content (AvgIpc) is 2.94. The smallest absolute Gasteiger partial charge is 0.149 e. The third kappa shape index (κ3) is 2.81. The molecule has 1 N–H and O–H groups in total. The van der Waals surface area contributed by atoms with Crippen molar-refractivity contribution in [3.8, 4) is 5.69 Å². The van der Waals surface area contributed by atoms with Crippen molar-refractivity contribution in [2.24, 2.45) is 5.92 Å². The van der Waals surface area contributed by atoms with Gasteiger partial charge in [-0.05, 0) is 56.0 Å². The van der Waals surface area contributed by atoms with Gasteiger partial charge >= 0.3 is 0 Å². The molecule has 19 heavy (non-hydrogen) atoms. The van der Waals surface area contributed by atoms with Crippen molar-refractivity contribution in [2.45, 2.75) is 19.3 Å². The molecule has 3 rings (SSSR count). The van der Waals surface area contributed by atoms with Crippen LogP contribution in [-0.2, 0) is 6.42 Å². The molecule has 1 aliphatic rings. The molecule has 2 aromatic rings. The van der Waals surface area contributed by atoms with E-state index in [1.165, 1.54) is 30.2 Å². The molecule has 1 aromatic carbocycles. The molecular formula is C14H17FN4. The predicted octanol–water partition coefficient (Wildman–Crippen LogP) is 1.95. The summed E-state index contributed by atoms with van der Waals surface area (Å²) in [6.45, 7) is 2.15. The molecule has 0 radical (unpaired) electrons. The highest BCUT2D eigenvalue weighted by molar-refractivity contribution is 5.35. The first-order chi connectivity index (χ1) is 9.33. The van der Waals surface area contributed by atoms with E-state index in [4.69, 9.17) is 0 Å². The van der Waals surface area contributed by atoms with Gasteiger partial charge in [-0.2, -0.15) is 5.10 Å². The summed E-state index contributed by atoms with van der Waals surface area (Å²) in [6.07, 6.45) is 6.21. The van der Waals surface area contributed by atoms with E-state index in [1.54, 1.807) is 12.1 Å². The molecule has 0 bridgehead atoms. The van der Waals surface area contributed by atoms with Gasteiger partial charge in [-0.3, -0.25) is 0 Å². The highest BCUT2D eigenvalue weighted by Crippen LogP contribution is 2.20. The van der Waals surface area contributed by atoms with Crippen LogP contribution in [0.2, 0.25) is 0 Å². The van der Waals surface area contributed by atoms with E-state index < -0.39 is 0 Å². The lowest BCUT2D eigenvalue weighted by Crippen LogP contribution is -2.28. The molecule has 1 aliphatic heterocycles. The second-order valence-electron chi connectivity index (χ2n) is 5.02. The summed E-state index contributed by atoms with van der Waals surface area (Å²) >= 11 is 0. The fourth-order valence-electron chi connectivity index (χ4n) is 2.61. The fraction of sp³-hybridized carbons (Fsp3) is 0.429. The first-order valence-corrected chi connectivity index (χ1v) is 6.67. The molecule has 0 atom stereocenters. The van der Waals surface area contributed by atoms with Gasteiger partial charge in [0.05, 0.1) is 0 Å². The van der Waals surface area contributed by atoms with Crippen LogP contribution in [0.25, 0.3) is 5.69 Å². The first-order valence-electron chi connectivity index (χ1n) is 6.67. The zero-order chi connectivity index (χ0) is 13.1. The Balaban J connectivity index is 1.75. The van der Waals surface area contributed by atoms with Gasteiger partial charge in [0.2, 0.25) is 0 Å². The second-order valence-corrected chi connectivity index (χ2v) is 5.02. The van der Waals surface area contributed by atoms with E-state index in [0.29, 0.717) is 11.6 Å². The van der Waals surface area contributed by atoms with Gasteiger partial charge in [-0.15, -0.1) is 0 Å². The van der Waals surface area contributed by atoms with Gasteiger partial charge in [0, 0.05) is 0 Å². The zero-order valence-corrected chi connectivity index (χ0v) is 10.7. The van der Waals surface area contributed by atoms with E-state index in [9.17, 15) is 4.39 Å². The number of aromatic nitrogens is 3. The molecule has 5 heteroatoms. The molecule has 0 aliphatic carbocycles. The molecule has 1 aromatic heterocycles. The van der Waals surface area contributed by atoms with E-state index in [2.05, 4.69) is 15.4 Å². The number of nitrogens with one attached hydrogen (secondary N) is 1. The lowest BCUT2D eigenvalue weighted by atomic mass is 9.91. The van der Waals surface area contributed by atoms with Crippen molar-refractivity contribution < 1.29 is 4.39 Å². The Kier molecular flexibility index (Phi) is 3.55. The maximum absolute atomic E-state index is 14.1. The van der Waals surface area contributed by atoms with E-state index in [0.717, 1.165) is 25.1 Å².